The number of hydrogen-bond acceptors (Lipinski definition) is 25. The van der Waals surface area contributed by atoms with Gasteiger partial charge in [-0.15, -0.1) is 57.8 Å². The van der Waals surface area contributed by atoms with Crippen LogP contribution in [0.5, 0.6) is 17.2 Å². The largest absolute Gasteiger partial charge is 1.00 e. The summed E-state index contributed by atoms with van der Waals surface area (Å²) in [5, 5.41) is 26.6. The molecule has 0 spiro atoms. The third-order valence-electron chi connectivity index (χ3n) is 12.7. The highest BCUT2D eigenvalue weighted by Crippen LogP contribution is 2.34. The van der Waals surface area contributed by atoms with E-state index in [1.807, 2.05) is 50.2 Å². The molecule has 4 atom stereocenters. The smallest absolute Gasteiger partial charge is 0.488 e. The number of benzene rings is 3. The molecule has 7 aromatic rings. The third kappa shape index (κ3) is 31.5. The Bertz CT molecular complexity index is 4090. The number of hydrogen-bond donors (Lipinski definition) is 7. The highest BCUT2D eigenvalue weighted by atomic mass is 79.9. The van der Waals surface area contributed by atoms with E-state index in [2.05, 4.69) is 60.2 Å². The number of methoxy groups -OCH3 is 6. The Morgan fingerprint density at radius 3 is 0.980 bits per heavy atom. The third-order valence-corrected chi connectivity index (χ3v) is 26.1. The lowest BCUT2D eigenvalue weighted by molar-refractivity contribution is -0.144. The number of carboxylic acid groups (broad SMARTS) is 1. The van der Waals surface area contributed by atoms with E-state index in [1.54, 1.807) is 124 Å². The second-order valence-electron chi connectivity index (χ2n) is 21.1. The fourth-order valence-corrected chi connectivity index (χ4v) is 18.6. The Morgan fingerprint density at radius 2 is 0.747 bits per heavy atom. The minimum Gasteiger partial charge on any atom is -1.00 e. The maximum atomic E-state index is 12.6. The first kappa shape index (κ1) is 93.8. The number of sulfonamides is 3. The van der Waals surface area contributed by atoms with E-state index in [4.69, 9.17) is 45.8 Å². The van der Waals surface area contributed by atoms with Gasteiger partial charge in [0.2, 0.25) is 0 Å². The molecule has 0 aliphatic carbocycles. The van der Waals surface area contributed by atoms with Crippen molar-refractivity contribution in [1.29, 1.82) is 0 Å². The average Bonchev–Trinajstić information content (AvgIpc) is 1.70. The molecule has 0 fully saturated rings. The standard InChI is InChI=1S/C17H21NO5S2.C16H19NO5S2.C10H14BrNO4S2.C7H9BO3.C6H13NO2.C4H2BrClO2S2.ClH.FH/c1-11(2)16(17(19)23-4)18-25(20,21)15-10-9-14(24-15)12-5-7-13(22-3)8-6-12;1-10(2)15(16(18)19)17-24(20,21)14-9-8-13(23-14)11-4-6-12(22-3)7-5-11;1-6(2)9(10(13)16-3)12-18(14,15)8-5-4-7(11)17-8;1-11-7-4-2-6(3-5-7)8(9)10;1-4(2)5(7)6(8)9-3;5-3-1-2-4(9-3)10(6,7)8;;/h5-11,16,18H,1-4H3;4-10,15,17H,1-3H3,(H,18,19);4-6,9,12H,1-3H3;2-5,9-10H,1H3;4-5H,7H2,1-3H3;1-2H;2*1H/p-1/t16-;15-;9-;;5-;;;/m111.1.../s1. The number of aliphatic carboxylic acids is 1. The predicted octanol–water partition coefficient (Wildman–Crippen LogP) is 7.08. The van der Waals surface area contributed by atoms with Crippen LogP contribution < -0.4 is 44.3 Å². The van der Waals surface area contributed by atoms with Gasteiger partial charge in [-0.3, -0.25) is 19.2 Å². The number of halogens is 5. The number of thiophene rings is 4. The number of rotatable bonds is 24. The first-order valence-corrected chi connectivity index (χ1v) is 40.0. The SMILES string of the molecule is COC(=O)[C@H](N)C(C)C.COC(=O)[C@H](NS(=O)(=O)c1ccc(-c2ccc(OC)cc2)s1)C(C)C.COC(=O)[C@H](NS(=O)(=O)c1ccc(Br)s1)C(C)C.COc1ccc(-c2ccc(S(=O)(=O)N[C@@H](C(=O)O)C(C)C)s2)cc1.COc1ccc(B(O)O)cc1.Cl.O=S(=O)(Cl)c1ccc(Br)s1.[F-]. The highest BCUT2D eigenvalue weighted by molar-refractivity contribution is 9.11. The number of nitrogens with two attached hydrogens (primary N) is 1. The molecule has 7 rings (SSSR count). The van der Waals surface area contributed by atoms with Crippen molar-refractivity contribution >= 4 is 176 Å². The molecule has 99 heavy (non-hydrogen) atoms. The average molecular weight is 1710 g/mol. The molecule has 0 saturated carbocycles. The molecule has 4 aromatic heterocycles. The number of carbonyl (C=O) groups is 4. The van der Waals surface area contributed by atoms with E-state index >= 15 is 0 Å². The van der Waals surface area contributed by atoms with Crippen molar-refractivity contribution in [3.8, 4) is 38.1 Å². The van der Waals surface area contributed by atoms with Gasteiger partial charge in [0.1, 0.15) is 58.3 Å². The number of ether oxygens (including phenoxy) is 6. The van der Waals surface area contributed by atoms with Crippen LogP contribution in [0.15, 0.2) is 146 Å². The molecule has 0 radical (unpaired) electrons. The molecular weight excluding hydrogens is 1630 g/mol. The lowest BCUT2D eigenvalue weighted by Gasteiger charge is -2.19. The number of carbonyl (C=O) groups excluding carboxylic acids is 3. The fourth-order valence-electron chi connectivity index (χ4n) is 7.12. The summed E-state index contributed by atoms with van der Waals surface area (Å²) in [5.74, 6) is -1.23. The lowest BCUT2D eigenvalue weighted by atomic mass is 9.80. The van der Waals surface area contributed by atoms with Gasteiger partial charge in [-0.25, -0.2) is 33.7 Å². The van der Waals surface area contributed by atoms with Crippen molar-refractivity contribution in [2.24, 2.45) is 29.4 Å². The van der Waals surface area contributed by atoms with Gasteiger partial charge in [-0.2, -0.15) is 14.2 Å². The molecule has 4 heterocycles. The number of nitrogens with one attached hydrogen (secondary N) is 3. The Labute approximate surface area is 621 Å². The topological polar surface area (TPSA) is 383 Å². The summed E-state index contributed by atoms with van der Waals surface area (Å²) in [7, 11) is -2.77. The molecule has 552 valence electrons. The second-order valence-corrected chi connectivity index (χ2v) is 36.8. The number of esters is 3. The van der Waals surface area contributed by atoms with Crippen LogP contribution in [0.4, 0.5) is 0 Å². The van der Waals surface area contributed by atoms with Gasteiger partial charge in [-0.1, -0.05) is 67.5 Å². The molecule has 0 bridgehead atoms. The van der Waals surface area contributed by atoms with Gasteiger partial charge in [-0.05, 0) is 181 Å². The monoisotopic (exact) mass is 1710 g/mol. The molecule has 0 amide bonds. The molecule has 39 heteroatoms. The molecular formula is C60H79BBr2Cl2FN4O21S8-. The zero-order valence-corrected chi connectivity index (χ0v) is 67.0. The summed E-state index contributed by atoms with van der Waals surface area (Å²) < 4.78 is 133. The van der Waals surface area contributed by atoms with E-state index in [-0.39, 0.29) is 63.6 Å². The van der Waals surface area contributed by atoms with E-state index in [0.29, 0.717) is 20.7 Å². The van der Waals surface area contributed by atoms with Gasteiger partial charge >= 0.3 is 31.0 Å². The van der Waals surface area contributed by atoms with Crippen LogP contribution >= 0.6 is 100 Å². The van der Waals surface area contributed by atoms with Crippen LogP contribution in [-0.2, 0) is 72.5 Å². The summed E-state index contributed by atoms with van der Waals surface area (Å²) in [6.45, 7) is 14.0. The van der Waals surface area contributed by atoms with Gasteiger partial charge < -0.3 is 54.0 Å². The van der Waals surface area contributed by atoms with Crippen LogP contribution in [-0.4, -0.2) is 147 Å². The molecule has 3 aromatic carbocycles. The highest BCUT2D eigenvalue weighted by Gasteiger charge is 2.32. The van der Waals surface area contributed by atoms with Crippen molar-refractivity contribution in [3.63, 3.8) is 0 Å². The molecule has 0 unspecified atom stereocenters. The predicted molar refractivity (Wildman–Crippen MR) is 393 cm³/mol. The van der Waals surface area contributed by atoms with Crippen molar-refractivity contribution in [2.75, 3.05) is 42.7 Å². The fraction of sp³-hybridized carbons (Fsp3) is 0.367. The van der Waals surface area contributed by atoms with Crippen molar-refractivity contribution in [2.45, 2.75) is 96.4 Å². The first-order chi connectivity index (χ1) is 45.1. The Kier molecular flexibility index (Phi) is 42.1. The van der Waals surface area contributed by atoms with Crippen LogP contribution in [0.3, 0.4) is 0 Å². The Balaban J connectivity index is 0.00000121. The van der Waals surface area contributed by atoms with Crippen LogP contribution in [0.1, 0.15) is 55.4 Å². The lowest BCUT2D eigenvalue weighted by Crippen LogP contribution is -3.00. The summed E-state index contributed by atoms with van der Waals surface area (Å²) in [6, 6.07) is 30.4. The van der Waals surface area contributed by atoms with E-state index in [1.165, 1.54) is 45.6 Å². The van der Waals surface area contributed by atoms with Gasteiger partial charge in [0.25, 0.3) is 39.1 Å². The molecule has 8 N–H and O–H groups in total. The minimum absolute atomic E-state index is 0. The summed E-state index contributed by atoms with van der Waals surface area (Å²) in [5.41, 5.74) is 7.61. The van der Waals surface area contributed by atoms with Gasteiger partial charge in [0.05, 0.1) is 50.2 Å². The minimum atomic E-state index is -3.89. The zero-order valence-electron chi connectivity index (χ0n) is 55.7. The Hall–Kier alpha value is -5.17. The van der Waals surface area contributed by atoms with Crippen LogP contribution in [0.25, 0.3) is 20.9 Å². The van der Waals surface area contributed by atoms with E-state index < -0.39 is 88.3 Å². The van der Waals surface area contributed by atoms with E-state index in [9.17, 15) is 52.8 Å². The molecule has 0 aliphatic heterocycles. The summed E-state index contributed by atoms with van der Waals surface area (Å²) in [6.07, 6.45) is 0. The van der Waals surface area contributed by atoms with Crippen LogP contribution in [0, 0.1) is 23.7 Å². The maximum absolute atomic E-state index is 12.6. The number of carboxylic acids is 1. The second kappa shape index (κ2) is 44.4. The quantitative estimate of drug-likeness (QED) is 0.0137. The van der Waals surface area contributed by atoms with Crippen molar-refractivity contribution in [3.05, 3.63) is 129 Å². The summed E-state index contributed by atoms with van der Waals surface area (Å²) in [4.78, 5) is 46.7. The van der Waals surface area contributed by atoms with Crippen molar-refractivity contribution < 1.29 is 101 Å². The maximum Gasteiger partial charge on any atom is 0.488 e. The zero-order chi connectivity index (χ0) is 73.9. The molecule has 0 aliphatic rings. The van der Waals surface area contributed by atoms with E-state index in [0.717, 1.165) is 75.8 Å². The molecule has 0 saturated heterocycles. The van der Waals surface area contributed by atoms with Gasteiger partial charge in [0.15, 0.2) is 0 Å². The Morgan fingerprint density at radius 1 is 0.455 bits per heavy atom. The van der Waals surface area contributed by atoms with Gasteiger partial charge in [0, 0.05) is 20.4 Å². The van der Waals surface area contributed by atoms with Crippen LogP contribution in [0.2, 0.25) is 0 Å². The summed E-state index contributed by atoms with van der Waals surface area (Å²) >= 11 is 10.7. The van der Waals surface area contributed by atoms with Crippen molar-refractivity contribution in [1.82, 2.24) is 14.2 Å². The first-order valence-electron chi connectivity index (χ1n) is 28.4. The normalized spacial score (nSPS) is 12.3. The molecule has 25 nitrogen and oxygen atoms in total.